The smallest absolute Gasteiger partial charge is 0.136 e. The fraction of sp³-hybridized carbons (Fsp3) is 0. The molecule has 4 heteroatoms. The minimum absolute atomic E-state index is 0.0339. The van der Waals surface area contributed by atoms with Crippen molar-refractivity contribution < 1.29 is 53.0 Å². The van der Waals surface area contributed by atoms with Gasteiger partial charge in [0, 0.05) is 44.1 Å². The molecule has 0 N–H and O–H groups in total. The number of aromatic nitrogens is 1. The van der Waals surface area contributed by atoms with Crippen molar-refractivity contribution in [2.45, 2.75) is 0 Å². The number of nitrogens with zero attached hydrogens (tertiary/aromatic N) is 1. The molecule has 4 nitrogen and oxygen atoms in total. The first-order chi connectivity index (χ1) is 73.1. The molecular weight excluding hydrogens is 1490 g/mol. The van der Waals surface area contributed by atoms with Crippen LogP contribution in [-0.4, -0.2) is 4.98 Å². The number of hydrogen-bond donors (Lipinski definition) is 0. The zero-order valence-corrected chi connectivity index (χ0v) is 64.7. The fourth-order valence-corrected chi connectivity index (χ4v) is 17.5. The van der Waals surface area contributed by atoms with E-state index in [-0.39, 0.29) is 143 Å². The first kappa shape index (κ1) is 48.0. The lowest BCUT2D eigenvalue weighted by molar-refractivity contribution is 0.668. The molecule has 0 bridgehead atoms. The summed E-state index contributed by atoms with van der Waals surface area (Å²) < 4.78 is 270. The van der Waals surface area contributed by atoms with Gasteiger partial charge in [-0.05, 0) is 238 Å². The maximum absolute atomic E-state index is 9.30. The van der Waals surface area contributed by atoms with Crippen LogP contribution >= 0.6 is 0 Å². The fourth-order valence-electron chi connectivity index (χ4n) is 17.5. The number of rotatable bonds is 10. The molecule has 0 fully saturated rings. The maximum Gasteiger partial charge on any atom is 0.136 e. The Hall–Kier alpha value is -16.3. The highest BCUT2D eigenvalue weighted by Crippen LogP contribution is 2.51. The van der Waals surface area contributed by atoms with Crippen LogP contribution in [0.5, 0.6) is 0 Å². The van der Waals surface area contributed by atoms with Gasteiger partial charge in [0.25, 0.3) is 0 Å². The lowest BCUT2D eigenvalue weighted by atomic mass is 9.85. The molecule has 0 spiro atoms. The summed E-state index contributed by atoms with van der Waals surface area (Å²) in [5, 5.41) is 9.93. The maximum atomic E-state index is 9.30. The predicted molar refractivity (Wildman–Crippen MR) is 518 cm³/mol. The van der Waals surface area contributed by atoms with Crippen molar-refractivity contribution in [2.24, 2.45) is 0 Å². The topological polar surface area (TPSA) is 52.3 Å². The molecule has 574 valence electrons. The molecule has 0 aliphatic carbocycles. The number of benzene rings is 21. The SMILES string of the molecule is [2H]c1c([2H])c([2H])c(-c2c3c([2H])c([2H])c([2H])c([2H])c3c(-c3ccc(-c4c([2H])c([2H])c5oc6c([2H])c([2H])c([2H])c([2H])c6c5c4-c4ccccn4)cc3)c3c([2H])c([2H])c([2H])c([2H])c23)c([2H])c1[2H].[2H]c1c([2H])c([2H])c(-c2c3ccccc3c(-c3ccc4oc5cc(-c6ccccc6)ccc5c4c3)c3ccccc23)c([2H])c1[2H].[2H]c1c([2H])c([2H])c(-c2c3ccccc3c(-c3ccc4oc5cccc(-c6ccccc6)c5c4c3)c3ccccc23)c([2H])c1[2H]. The molecule has 25 aromatic rings. The zero-order chi connectivity index (χ0) is 107. The van der Waals surface area contributed by atoms with E-state index in [2.05, 4.69) is 77.8 Å². The van der Waals surface area contributed by atoms with Gasteiger partial charge in [0.2, 0.25) is 0 Å². The Morgan fingerprint density at radius 2 is 0.561 bits per heavy atom. The summed E-state index contributed by atoms with van der Waals surface area (Å²) in [6, 6.07) is 72.8. The van der Waals surface area contributed by atoms with Gasteiger partial charge in [0.1, 0.15) is 33.5 Å². The van der Waals surface area contributed by atoms with Crippen molar-refractivity contribution in [3.8, 4) is 111 Å². The standard InChI is InChI=1S/C43H27NO.2C38H24O/c1-2-12-29(13-3-1)40-32-14-4-6-16-34(32)41(35-17-7-5-15-33(35)40)30-23-21-28(22-24-30)31-25-26-39-43(36-18-8-9-20-38(36)45-39)42(31)37-19-10-11-27-44-37;1-3-12-25(13-4-1)28-20-11-21-35-38(28)33-24-27(22-23-34(33)39-35)37-31-18-9-7-16-29(31)36(26-14-5-2-6-15-26)30-17-8-10-19-32(30)37;1-3-11-25(12-4-1)27-19-21-29-34-23-28(20-22-35(34)39-36(29)24-27)38-32-17-9-7-15-30(32)37(26-13-5-2-6-14-26)31-16-8-10-18-33(31)38/h1-27H;2*1-24H/i1D,2D,3D,4D,5D,6D,7D,8D,9D,12D,13D,14D,15D,16D,17D,18D,20D,25D,26D;2D,5D,6D,14D,15D;2D,5D,6D,13D,14D. The van der Waals surface area contributed by atoms with Crippen molar-refractivity contribution in [3.63, 3.8) is 0 Å². The minimum atomic E-state index is -0.782. The Morgan fingerprint density at radius 3 is 1.07 bits per heavy atom. The predicted octanol–water partition coefficient (Wildman–Crippen LogP) is 33.7. The molecule has 25 rings (SSSR count). The second-order valence-corrected chi connectivity index (χ2v) is 29.5. The lowest BCUT2D eigenvalue weighted by Crippen LogP contribution is -1.91. The van der Waals surface area contributed by atoms with Crippen LogP contribution in [0.3, 0.4) is 0 Å². The van der Waals surface area contributed by atoms with Crippen LogP contribution in [0.4, 0.5) is 0 Å². The van der Waals surface area contributed by atoms with Gasteiger partial charge in [-0.3, -0.25) is 4.98 Å². The third-order valence-electron chi connectivity index (χ3n) is 22.7. The number of hydrogen-bond acceptors (Lipinski definition) is 4. The van der Waals surface area contributed by atoms with Crippen LogP contribution in [0.1, 0.15) is 39.8 Å². The van der Waals surface area contributed by atoms with E-state index < -0.39 is 132 Å². The molecule has 0 saturated heterocycles. The van der Waals surface area contributed by atoms with Crippen LogP contribution in [0, 0.1) is 0 Å². The Kier molecular flexibility index (Phi) is 11.9. The van der Waals surface area contributed by atoms with E-state index in [1.165, 1.54) is 30.5 Å². The molecule has 0 saturated carbocycles. The lowest BCUT2D eigenvalue weighted by Gasteiger charge is -2.18. The van der Waals surface area contributed by atoms with Crippen molar-refractivity contribution >= 4 is 130 Å². The average Bonchev–Trinajstić information content (AvgIpc) is 0.820. The van der Waals surface area contributed by atoms with Gasteiger partial charge in [-0.2, -0.15) is 0 Å². The minimum Gasteiger partial charge on any atom is -0.456 e. The van der Waals surface area contributed by atoms with E-state index >= 15 is 0 Å². The number of fused-ring (bicyclic) bond motifs is 15. The summed E-state index contributed by atoms with van der Waals surface area (Å²) >= 11 is 0. The van der Waals surface area contributed by atoms with E-state index in [1.54, 1.807) is 18.2 Å². The molecule has 0 atom stereocenters. The van der Waals surface area contributed by atoms with Crippen LogP contribution in [0.15, 0.2) is 468 Å². The molecule has 0 amide bonds. The summed E-state index contributed by atoms with van der Waals surface area (Å²) in [7, 11) is 0. The summed E-state index contributed by atoms with van der Waals surface area (Å²) in [6.07, 6.45) is 1.48. The molecule has 4 aromatic heterocycles. The Balaban J connectivity index is 0.000000128. The van der Waals surface area contributed by atoms with Gasteiger partial charge < -0.3 is 13.3 Å². The molecule has 0 aliphatic rings. The summed E-state index contributed by atoms with van der Waals surface area (Å²) in [4.78, 5) is 4.51. The largest absolute Gasteiger partial charge is 0.456 e. The highest BCUT2D eigenvalue weighted by Gasteiger charge is 2.25. The van der Waals surface area contributed by atoms with Crippen molar-refractivity contribution in [1.82, 2.24) is 4.98 Å². The van der Waals surface area contributed by atoms with E-state index in [0.717, 1.165) is 131 Å². The Morgan fingerprint density at radius 1 is 0.171 bits per heavy atom. The normalized spacial score (nSPS) is 14.9. The monoisotopic (exact) mass is 1590 g/mol. The Bertz CT molecular complexity index is 10000. The Labute approximate surface area is 751 Å². The van der Waals surface area contributed by atoms with Crippen molar-refractivity contribution in [2.75, 3.05) is 0 Å². The van der Waals surface area contributed by atoms with Gasteiger partial charge >= 0.3 is 0 Å². The van der Waals surface area contributed by atoms with Gasteiger partial charge in [-0.25, -0.2) is 0 Å². The third kappa shape index (κ3) is 12.6. The first-order valence-corrected chi connectivity index (χ1v) is 39.7. The molecular formula is C119H75NO3. The average molecular weight is 1600 g/mol. The first-order valence-electron chi connectivity index (χ1n) is 54.2. The van der Waals surface area contributed by atoms with Crippen LogP contribution < -0.4 is 0 Å². The van der Waals surface area contributed by atoms with Crippen molar-refractivity contribution in [3.05, 3.63) is 454 Å². The van der Waals surface area contributed by atoms with Crippen LogP contribution in [0.25, 0.3) is 242 Å². The van der Waals surface area contributed by atoms with Gasteiger partial charge in [0.15, 0.2) is 0 Å². The third-order valence-corrected chi connectivity index (χ3v) is 22.7. The second kappa shape index (κ2) is 30.6. The highest BCUT2D eigenvalue weighted by atomic mass is 16.3. The summed E-state index contributed by atoms with van der Waals surface area (Å²) in [6.45, 7) is 0. The van der Waals surface area contributed by atoms with E-state index in [0.29, 0.717) is 11.1 Å². The number of para-hydroxylation sites is 1. The molecule has 0 radical (unpaired) electrons. The molecule has 4 heterocycles. The van der Waals surface area contributed by atoms with Crippen LogP contribution in [0.2, 0.25) is 0 Å². The quantitative estimate of drug-likeness (QED) is 0.128. The molecule has 0 unspecified atom stereocenters. The van der Waals surface area contributed by atoms with Crippen LogP contribution in [-0.2, 0) is 0 Å². The van der Waals surface area contributed by atoms with E-state index in [9.17, 15) is 6.85 Å². The zero-order valence-electron chi connectivity index (χ0n) is 93.7. The highest BCUT2D eigenvalue weighted by molar-refractivity contribution is 6.26. The summed E-state index contributed by atoms with van der Waals surface area (Å²) in [5.41, 5.74) is 13.0. The second-order valence-electron chi connectivity index (χ2n) is 29.5. The van der Waals surface area contributed by atoms with Crippen molar-refractivity contribution in [1.29, 1.82) is 0 Å². The molecule has 0 aliphatic heterocycles. The van der Waals surface area contributed by atoms with E-state index in [4.69, 9.17) is 46.1 Å². The molecule has 21 aromatic carbocycles. The number of furan rings is 3. The van der Waals surface area contributed by atoms with Gasteiger partial charge in [-0.15, -0.1) is 0 Å². The van der Waals surface area contributed by atoms with E-state index in [1.807, 2.05) is 158 Å². The number of pyridine rings is 1. The molecule has 123 heavy (non-hydrogen) atoms. The summed E-state index contributed by atoms with van der Waals surface area (Å²) in [5.74, 6) is 0. The van der Waals surface area contributed by atoms with Gasteiger partial charge in [0.05, 0.1) is 45.4 Å². The van der Waals surface area contributed by atoms with Gasteiger partial charge in [-0.1, -0.05) is 375 Å².